The van der Waals surface area contributed by atoms with Gasteiger partial charge < -0.3 is 9.88 Å². The number of nitrogens with one attached hydrogen (secondary N) is 1. The average Bonchev–Trinajstić information content (AvgIpc) is 2.84. The van der Waals surface area contributed by atoms with Crippen LogP contribution in [0, 0.1) is 0 Å². The summed E-state index contributed by atoms with van der Waals surface area (Å²) in [5.41, 5.74) is 2.72. The predicted octanol–water partition coefficient (Wildman–Crippen LogP) is 2.88. The van der Waals surface area contributed by atoms with Gasteiger partial charge in [0.05, 0.1) is 0 Å². The molecule has 2 rings (SSSR count). The first-order valence-electron chi connectivity index (χ1n) is 7.03. The Hall–Kier alpha value is -1.61. The lowest BCUT2D eigenvalue weighted by atomic mass is 10.0. The van der Waals surface area contributed by atoms with Crippen molar-refractivity contribution >= 4 is 0 Å². The monoisotopic (exact) mass is 257 g/mol. The van der Waals surface area contributed by atoms with E-state index in [1.54, 1.807) is 0 Å². The molecular weight excluding hydrogens is 234 g/mol. The minimum Gasteiger partial charge on any atom is -0.338 e. The Morgan fingerprint density at radius 3 is 2.47 bits per heavy atom. The highest BCUT2D eigenvalue weighted by Crippen LogP contribution is 2.18. The summed E-state index contributed by atoms with van der Waals surface area (Å²) in [6.07, 6.45) is 5.87. The van der Waals surface area contributed by atoms with E-state index in [1.165, 1.54) is 11.1 Å². The number of benzene rings is 1. The summed E-state index contributed by atoms with van der Waals surface area (Å²) in [5.74, 6) is 1.12. The van der Waals surface area contributed by atoms with Crippen LogP contribution in [0.15, 0.2) is 36.7 Å². The lowest BCUT2D eigenvalue weighted by Crippen LogP contribution is -2.24. The molecule has 0 saturated heterocycles. The fraction of sp³-hybridized carbons (Fsp3) is 0.438. The van der Waals surface area contributed by atoms with E-state index in [2.05, 4.69) is 53.0 Å². The van der Waals surface area contributed by atoms with Crippen molar-refractivity contribution in [1.29, 1.82) is 0 Å². The normalized spacial score (nSPS) is 12.6. The Morgan fingerprint density at radius 2 is 1.95 bits per heavy atom. The predicted molar refractivity (Wildman–Crippen MR) is 79.1 cm³/mol. The van der Waals surface area contributed by atoms with Gasteiger partial charge in [-0.25, -0.2) is 4.98 Å². The maximum absolute atomic E-state index is 4.42. The summed E-state index contributed by atoms with van der Waals surface area (Å²) >= 11 is 0. The van der Waals surface area contributed by atoms with E-state index in [0.29, 0.717) is 6.04 Å². The molecule has 1 N–H and O–H groups in total. The van der Waals surface area contributed by atoms with Crippen LogP contribution in [-0.4, -0.2) is 16.1 Å². The van der Waals surface area contributed by atoms with E-state index in [0.717, 1.165) is 25.2 Å². The molecular formula is C16H23N3. The number of aryl methyl sites for hydroxylation is 2. The molecule has 1 aromatic heterocycles. The van der Waals surface area contributed by atoms with Crippen LogP contribution in [0.1, 0.15) is 36.8 Å². The van der Waals surface area contributed by atoms with Crippen molar-refractivity contribution in [3.8, 4) is 0 Å². The van der Waals surface area contributed by atoms with E-state index >= 15 is 0 Å². The smallest absolute Gasteiger partial charge is 0.110 e. The molecule has 0 fully saturated rings. The van der Waals surface area contributed by atoms with Crippen LogP contribution in [0.5, 0.6) is 0 Å². The molecule has 3 heteroatoms. The Morgan fingerprint density at radius 1 is 1.21 bits per heavy atom. The molecule has 1 heterocycles. The molecule has 19 heavy (non-hydrogen) atoms. The Kier molecular flexibility index (Phi) is 4.74. The molecule has 0 spiro atoms. The summed E-state index contributed by atoms with van der Waals surface area (Å²) < 4.78 is 2.09. The van der Waals surface area contributed by atoms with E-state index in [4.69, 9.17) is 0 Å². The van der Waals surface area contributed by atoms with Crippen molar-refractivity contribution < 1.29 is 0 Å². The Balaban J connectivity index is 2.16. The van der Waals surface area contributed by atoms with Gasteiger partial charge in [-0.3, -0.25) is 0 Å². The maximum Gasteiger partial charge on any atom is 0.110 e. The number of rotatable bonds is 6. The van der Waals surface area contributed by atoms with Gasteiger partial charge in [-0.2, -0.15) is 0 Å². The summed E-state index contributed by atoms with van der Waals surface area (Å²) in [7, 11) is 2.05. The van der Waals surface area contributed by atoms with Crippen molar-refractivity contribution in [2.24, 2.45) is 7.05 Å². The number of imidazole rings is 1. The highest BCUT2D eigenvalue weighted by Gasteiger charge is 2.13. The first-order valence-corrected chi connectivity index (χ1v) is 7.03. The topological polar surface area (TPSA) is 29.9 Å². The van der Waals surface area contributed by atoms with Crippen LogP contribution >= 0.6 is 0 Å². The van der Waals surface area contributed by atoms with E-state index in [9.17, 15) is 0 Å². The van der Waals surface area contributed by atoms with Gasteiger partial charge in [0.2, 0.25) is 0 Å². The molecule has 1 atom stereocenters. The van der Waals surface area contributed by atoms with Gasteiger partial charge in [-0.1, -0.05) is 38.1 Å². The third-order valence-corrected chi connectivity index (χ3v) is 3.55. The van der Waals surface area contributed by atoms with Gasteiger partial charge in [0.1, 0.15) is 5.82 Å². The molecule has 102 valence electrons. The molecule has 0 amide bonds. The third kappa shape index (κ3) is 3.44. The Bertz CT molecular complexity index is 499. The van der Waals surface area contributed by atoms with Crippen LogP contribution < -0.4 is 5.32 Å². The second-order valence-corrected chi connectivity index (χ2v) is 4.86. The largest absolute Gasteiger partial charge is 0.338 e. The zero-order valence-corrected chi connectivity index (χ0v) is 12.1. The minimum absolute atomic E-state index is 0.331. The molecule has 0 radical (unpaired) electrons. The standard InChI is InChI=1S/C16H23N3/c1-4-13-6-8-14(9-7-13)15(17-5-2)12-16-18-10-11-19(16)3/h6-11,15,17H,4-5,12H2,1-3H3. The van der Waals surface area contributed by atoms with Gasteiger partial charge in [0, 0.05) is 31.9 Å². The highest BCUT2D eigenvalue weighted by atomic mass is 15.0. The van der Waals surface area contributed by atoms with Crippen LogP contribution in [0.3, 0.4) is 0 Å². The minimum atomic E-state index is 0.331. The SMILES string of the molecule is CCNC(Cc1nccn1C)c1ccc(CC)cc1. The quantitative estimate of drug-likeness (QED) is 0.862. The lowest BCUT2D eigenvalue weighted by Gasteiger charge is -2.18. The van der Waals surface area contributed by atoms with Crippen LogP contribution in [-0.2, 0) is 19.9 Å². The van der Waals surface area contributed by atoms with Gasteiger partial charge in [-0.15, -0.1) is 0 Å². The summed E-state index contributed by atoms with van der Waals surface area (Å²) in [6, 6.07) is 9.23. The molecule has 0 aliphatic rings. The maximum atomic E-state index is 4.42. The van der Waals surface area contributed by atoms with Crippen molar-refractivity contribution in [3.05, 3.63) is 53.6 Å². The van der Waals surface area contributed by atoms with Crippen LogP contribution in [0.4, 0.5) is 0 Å². The van der Waals surface area contributed by atoms with Crippen molar-refractivity contribution in [1.82, 2.24) is 14.9 Å². The van der Waals surface area contributed by atoms with Gasteiger partial charge in [-0.05, 0) is 24.1 Å². The second-order valence-electron chi connectivity index (χ2n) is 4.86. The van der Waals surface area contributed by atoms with Crippen LogP contribution in [0.2, 0.25) is 0 Å². The van der Waals surface area contributed by atoms with Gasteiger partial charge >= 0.3 is 0 Å². The van der Waals surface area contributed by atoms with Gasteiger partial charge in [0.15, 0.2) is 0 Å². The second kappa shape index (κ2) is 6.53. The molecule has 2 aromatic rings. The third-order valence-electron chi connectivity index (χ3n) is 3.55. The molecule has 1 aromatic carbocycles. The van der Waals surface area contributed by atoms with Crippen molar-refractivity contribution in [2.45, 2.75) is 32.7 Å². The van der Waals surface area contributed by atoms with Crippen LogP contribution in [0.25, 0.3) is 0 Å². The number of aromatic nitrogens is 2. The summed E-state index contributed by atoms with van der Waals surface area (Å²) in [6.45, 7) is 5.29. The fourth-order valence-corrected chi connectivity index (χ4v) is 2.32. The number of hydrogen-bond acceptors (Lipinski definition) is 2. The zero-order valence-electron chi connectivity index (χ0n) is 12.1. The molecule has 0 aliphatic heterocycles. The lowest BCUT2D eigenvalue weighted by molar-refractivity contribution is 0.529. The number of likely N-dealkylation sites (N-methyl/N-ethyl adjacent to an activating group) is 1. The summed E-state index contributed by atoms with van der Waals surface area (Å²) in [5, 5.41) is 3.55. The van der Waals surface area contributed by atoms with E-state index in [-0.39, 0.29) is 0 Å². The van der Waals surface area contributed by atoms with Crippen molar-refractivity contribution in [2.75, 3.05) is 6.54 Å². The zero-order chi connectivity index (χ0) is 13.7. The average molecular weight is 257 g/mol. The van der Waals surface area contributed by atoms with E-state index < -0.39 is 0 Å². The first-order chi connectivity index (χ1) is 9.24. The van der Waals surface area contributed by atoms with Crippen molar-refractivity contribution in [3.63, 3.8) is 0 Å². The van der Waals surface area contributed by atoms with E-state index in [1.807, 2.05) is 19.4 Å². The fourth-order valence-electron chi connectivity index (χ4n) is 2.32. The molecule has 3 nitrogen and oxygen atoms in total. The molecule has 0 aliphatic carbocycles. The molecule has 0 bridgehead atoms. The summed E-state index contributed by atoms with van der Waals surface area (Å²) in [4.78, 5) is 4.42. The van der Waals surface area contributed by atoms with Gasteiger partial charge in [0.25, 0.3) is 0 Å². The molecule has 1 unspecified atom stereocenters. The number of nitrogens with zero attached hydrogens (tertiary/aromatic N) is 2. The number of hydrogen-bond donors (Lipinski definition) is 1. The molecule has 0 saturated carbocycles. The highest BCUT2D eigenvalue weighted by molar-refractivity contribution is 5.25. The Labute approximate surface area is 115 Å². The first kappa shape index (κ1) is 13.8.